The Morgan fingerprint density at radius 2 is 2.16 bits per heavy atom. The first-order valence-electron chi connectivity index (χ1n) is 7.10. The third kappa shape index (κ3) is 4.44. The highest BCUT2D eigenvalue weighted by Gasteiger charge is 2.18. The highest BCUT2D eigenvalue weighted by molar-refractivity contribution is 5.13. The van der Waals surface area contributed by atoms with Crippen LogP contribution in [0.25, 0.3) is 0 Å². The Bertz CT molecular complexity index is 400. The first-order chi connectivity index (χ1) is 9.29. The van der Waals surface area contributed by atoms with Gasteiger partial charge in [0.05, 0.1) is 18.9 Å². The molecule has 0 amide bonds. The van der Waals surface area contributed by atoms with Gasteiger partial charge >= 0.3 is 0 Å². The van der Waals surface area contributed by atoms with Crippen molar-refractivity contribution < 1.29 is 4.74 Å². The van der Waals surface area contributed by atoms with Crippen molar-refractivity contribution in [3.8, 4) is 0 Å². The highest BCUT2D eigenvalue weighted by atomic mass is 16.5. The molecule has 1 aromatic rings. The van der Waals surface area contributed by atoms with Crippen molar-refractivity contribution in [2.24, 2.45) is 11.8 Å². The molecule has 19 heavy (non-hydrogen) atoms. The fourth-order valence-corrected chi connectivity index (χ4v) is 2.40. The van der Waals surface area contributed by atoms with Crippen LogP contribution in [0.2, 0.25) is 0 Å². The van der Waals surface area contributed by atoms with Gasteiger partial charge in [-0.15, -0.1) is 0 Å². The van der Waals surface area contributed by atoms with E-state index in [0.29, 0.717) is 12.5 Å². The quantitative estimate of drug-likeness (QED) is 0.799. The molecule has 0 radical (unpaired) electrons. The molecule has 0 spiro atoms. The molecule has 0 saturated heterocycles. The molecule has 2 atom stereocenters. The molecule has 2 rings (SSSR count). The number of nitrogens with zero attached hydrogens (tertiary/aromatic N) is 1. The largest absolute Gasteiger partial charge is 0.375 e. The standard InChI is InChI=1S/C16H24N2O/c1-13-5-3-4-6-15(13)11-19-12-16-8-7-14(9-17-2)10-18-16/h3-4,7-8,10,13,15,17H,5-6,9,11-12H2,1-2H3. The summed E-state index contributed by atoms with van der Waals surface area (Å²) in [6.07, 6.45) is 8.81. The maximum absolute atomic E-state index is 5.82. The van der Waals surface area contributed by atoms with Crippen LogP contribution in [0.4, 0.5) is 0 Å². The minimum atomic E-state index is 0.618. The first-order valence-corrected chi connectivity index (χ1v) is 7.10. The Kier molecular flexibility index (Phi) is 5.55. The zero-order valence-corrected chi connectivity index (χ0v) is 11.9. The van der Waals surface area contributed by atoms with E-state index in [0.717, 1.165) is 31.2 Å². The number of hydrogen-bond donors (Lipinski definition) is 1. The highest BCUT2D eigenvalue weighted by Crippen LogP contribution is 2.25. The van der Waals surface area contributed by atoms with Gasteiger partial charge in [0.15, 0.2) is 0 Å². The summed E-state index contributed by atoms with van der Waals surface area (Å²) in [4.78, 5) is 4.42. The lowest BCUT2D eigenvalue weighted by molar-refractivity contribution is 0.0662. The molecule has 0 aliphatic heterocycles. The van der Waals surface area contributed by atoms with Crippen LogP contribution < -0.4 is 5.32 Å². The minimum absolute atomic E-state index is 0.618. The minimum Gasteiger partial charge on any atom is -0.375 e. The Morgan fingerprint density at radius 1 is 1.32 bits per heavy atom. The van der Waals surface area contributed by atoms with Gasteiger partial charge in [-0.05, 0) is 43.4 Å². The smallest absolute Gasteiger partial charge is 0.0887 e. The van der Waals surface area contributed by atoms with Crippen molar-refractivity contribution in [2.45, 2.75) is 32.9 Å². The maximum atomic E-state index is 5.82. The number of hydrogen-bond acceptors (Lipinski definition) is 3. The predicted molar refractivity (Wildman–Crippen MR) is 77.7 cm³/mol. The molecule has 1 aliphatic rings. The van der Waals surface area contributed by atoms with E-state index >= 15 is 0 Å². The summed E-state index contributed by atoms with van der Waals surface area (Å²) in [5.74, 6) is 1.39. The summed E-state index contributed by atoms with van der Waals surface area (Å²) in [5, 5.41) is 3.12. The Hall–Kier alpha value is -1.19. The Labute approximate surface area is 116 Å². The average molecular weight is 260 g/mol. The van der Waals surface area contributed by atoms with Gasteiger partial charge < -0.3 is 10.1 Å². The van der Waals surface area contributed by atoms with Crippen molar-refractivity contribution in [3.05, 3.63) is 41.7 Å². The molecule has 0 aromatic carbocycles. The fourth-order valence-electron chi connectivity index (χ4n) is 2.40. The normalized spacial score (nSPS) is 22.6. The molecule has 3 nitrogen and oxygen atoms in total. The van der Waals surface area contributed by atoms with Crippen LogP contribution in [0.3, 0.4) is 0 Å². The lowest BCUT2D eigenvalue weighted by Gasteiger charge is -2.24. The Balaban J connectivity index is 1.74. The molecule has 3 heteroatoms. The van der Waals surface area contributed by atoms with Crippen LogP contribution in [-0.2, 0) is 17.9 Å². The van der Waals surface area contributed by atoms with Gasteiger partial charge in [0.25, 0.3) is 0 Å². The van der Waals surface area contributed by atoms with Gasteiger partial charge in [0.1, 0.15) is 0 Å². The van der Waals surface area contributed by atoms with Crippen LogP contribution in [-0.4, -0.2) is 18.6 Å². The monoisotopic (exact) mass is 260 g/mol. The van der Waals surface area contributed by atoms with Crippen molar-refractivity contribution in [1.29, 1.82) is 0 Å². The molecule has 1 N–H and O–H groups in total. The summed E-state index contributed by atoms with van der Waals surface area (Å²) in [7, 11) is 1.94. The topological polar surface area (TPSA) is 34.1 Å². The zero-order chi connectivity index (χ0) is 13.5. The number of rotatable bonds is 6. The summed E-state index contributed by atoms with van der Waals surface area (Å²) in [6, 6.07) is 4.16. The van der Waals surface area contributed by atoms with Crippen molar-refractivity contribution in [2.75, 3.05) is 13.7 Å². The van der Waals surface area contributed by atoms with E-state index in [1.807, 2.05) is 13.2 Å². The van der Waals surface area contributed by atoms with E-state index in [9.17, 15) is 0 Å². The second-order valence-corrected chi connectivity index (χ2v) is 5.38. The van der Waals surface area contributed by atoms with Gasteiger partial charge in [-0.3, -0.25) is 4.98 Å². The number of ether oxygens (including phenoxy) is 1. The third-order valence-corrected chi connectivity index (χ3v) is 3.77. The third-order valence-electron chi connectivity index (χ3n) is 3.77. The first kappa shape index (κ1) is 14.2. The van der Waals surface area contributed by atoms with Crippen molar-refractivity contribution in [1.82, 2.24) is 10.3 Å². The van der Waals surface area contributed by atoms with Gasteiger partial charge in [-0.1, -0.05) is 25.1 Å². The van der Waals surface area contributed by atoms with Crippen molar-refractivity contribution in [3.63, 3.8) is 0 Å². The number of aromatic nitrogens is 1. The maximum Gasteiger partial charge on any atom is 0.0887 e. The zero-order valence-electron chi connectivity index (χ0n) is 11.9. The second kappa shape index (κ2) is 7.41. The molecule has 1 heterocycles. The van der Waals surface area contributed by atoms with E-state index in [4.69, 9.17) is 4.74 Å². The van der Waals surface area contributed by atoms with Crippen LogP contribution in [0.5, 0.6) is 0 Å². The van der Waals surface area contributed by atoms with Crippen LogP contribution in [0, 0.1) is 11.8 Å². The second-order valence-electron chi connectivity index (χ2n) is 5.38. The van der Waals surface area contributed by atoms with Gasteiger partial charge in [-0.2, -0.15) is 0 Å². The SMILES string of the molecule is CNCc1ccc(COCC2CC=CCC2C)nc1. The number of pyridine rings is 1. The van der Waals surface area contributed by atoms with E-state index in [1.54, 1.807) is 0 Å². The predicted octanol–water partition coefficient (Wildman–Crippen LogP) is 2.92. The van der Waals surface area contributed by atoms with E-state index in [2.05, 4.69) is 41.5 Å². The number of allylic oxidation sites excluding steroid dienone is 2. The molecular weight excluding hydrogens is 236 g/mol. The van der Waals surface area contributed by atoms with Gasteiger partial charge in [0.2, 0.25) is 0 Å². The number of nitrogens with one attached hydrogen (secondary N) is 1. The lowest BCUT2D eigenvalue weighted by atomic mass is 9.85. The van der Waals surface area contributed by atoms with Gasteiger partial charge in [0, 0.05) is 12.7 Å². The summed E-state index contributed by atoms with van der Waals surface area (Å²) in [6.45, 7) is 4.63. The average Bonchev–Trinajstić information content (AvgIpc) is 2.43. The van der Waals surface area contributed by atoms with E-state index < -0.39 is 0 Å². The van der Waals surface area contributed by atoms with Gasteiger partial charge in [-0.25, -0.2) is 0 Å². The molecule has 0 bridgehead atoms. The fraction of sp³-hybridized carbons (Fsp3) is 0.562. The summed E-state index contributed by atoms with van der Waals surface area (Å²) < 4.78 is 5.82. The lowest BCUT2D eigenvalue weighted by Crippen LogP contribution is -2.19. The Morgan fingerprint density at radius 3 is 2.84 bits per heavy atom. The van der Waals surface area contributed by atoms with Crippen LogP contribution in [0.15, 0.2) is 30.5 Å². The van der Waals surface area contributed by atoms with Crippen LogP contribution >= 0.6 is 0 Å². The summed E-state index contributed by atoms with van der Waals surface area (Å²) >= 11 is 0. The van der Waals surface area contributed by atoms with Crippen LogP contribution in [0.1, 0.15) is 31.0 Å². The molecule has 0 saturated carbocycles. The molecule has 104 valence electrons. The van der Waals surface area contributed by atoms with Crippen molar-refractivity contribution >= 4 is 0 Å². The molecule has 1 aromatic heterocycles. The van der Waals surface area contributed by atoms with E-state index in [1.165, 1.54) is 12.0 Å². The molecular formula is C16H24N2O. The molecule has 2 unspecified atom stereocenters. The summed E-state index contributed by atoms with van der Waals surface area (Å²) in [5.41, 5.74) is 2.22. The molecule has 0 fully saturated rings. The molecule has 1 aliphatic carbocycles. The van der Waals surface area contributed by atoms with E-state index in [-0.39, 0.29) is 0 Å².